The molecule has 1 fully saturated rings. The summed E-state index contributed by atoms with van der Waals surface area (Å²) < 4.78 is 0. The molecule has 3 rings (SSSR count). The van der Waals surface area contributed by atoms with Crippen molar-refractivity contribution in [3.63, 3.8) is 0 Å². The maximum atomic E-state index is 12.8. The number of aliphatic imine (C=N–C) groups is 1. The van der Waals surface area contributed by atoms with Crippen LogP contribution in [0, 0.1) is 0 Å². The van der Waals surface area contributed by atoms with Gasteiger partial charge in [-0.2, -0.15) is 0 Å². The van der Waals surface area contributed by atoms with Gasteiger partial charge in [-0.15, -0.1) is 0 Å². The third kappa shape index (κ3) is 6.13. The van der Waals surface area contributed by atoms with Crippen molar-refractivity contribution in [2.75, 3.05) is 50.7 Å². The van der Waals surface area contributed by atoms with Gasteiger partial charge in [0, 0.05) is 45.8 Å². The highest BCUT2D eigenvalue weighted by Crippen LogP contribution is 2.27. The Hall–Kier alpha value is -3.22. The van der Waals surface area contributed by atoms with Crippen LogP contribution in [0.15, 0.2) is 59.6 Å². The molecule has 1 aliphatic rings. The number of rotatable bonds is 7. The van der Waals surface area contributed by atoms with Crippen molar-refractivity contribution in [2.45, 2.75) is 20.4 Å². The highest BCUT2D eigenvalue weighted by atomic mass is 16.3. The maximum absolute atomic E-state index is 12.8. The van der Waals surface area contributed by atoms with E-state index in [2.05, 4.69) is 20.1 Å². The van der Waals surface area contributed by atoms with Crippen LogP contribution in [-0.2, 0) is 11.3 Å². The van der Waals surface area contributed by atoms with E-state index in [1.807, 2.05) is 67.3 Å². The van der Waals surface area contributed by atoms with Crippen LogP contribution in [-0.4, -0.2) is 72.6 Å². The average molecular weight is 424 g/mol. The quantitative estimate of drug-likeness (QED) is 0.529. The molecule has 0 radical (unpaired) electrons. The molecule has 0 saturated carbocycles. The lowest BCUT2D eigenvalue weighted by molar-refractivity contribution is -0.130. The molecule has 166 valence electrons. The summed E-state index contributed by atoms with van der Waals surface area (Å²) in [4.78, 5) is 23.6. The van der Waals surface area contributed by atoms with Crippen molar-refractivity contribution in [2.24, 2.45) is 4.99 Å². The fraction of sp³-hybridized carbons (Fsp3) is 0.417. The summed E-state index contributed by atoms with van der Waals surface area (Å²) in [5, 5.41) is 13.4. The number of likely N-dealkylation sites (N-methyl/N-ethyl adjacent to an activating group) is 1. The van der Waals surface area contributed by atoms with Crippen LogP contribution in [0.25, 0.3) is 0 Å². The summed E-state index contributed by atoms with van der Waals surface area (Å²) in [7, 11) is 0. The minimum atomic E-state index is 0.0228. The van der Waals surface area contributed by atoms with Gasteiger partial charge in [0.15, 0.2) is 5.96 Å². The standard InChI is InChI=1S/C24H33N5O2/c1-3-25-24(26-18-23(31)27(4-2)19-20-10-6-5-7-11-20)29-16-14-28(15-17-29)21-12-8-9-13-22(21)30/h5-13,30H,3-4,14-19H2,1-2H3,(H,25,26). The molecule has 2 aromatic rings. The second-order valence-electron chi connectivity index (χ2n) is 7.53. The fourth-order valence-corrected chi connectivity index (χ4v) is 3.74. The lowest BCUT2D eigenvalue weighted by atomic mass is 10.2. The van der Waals surface area contributed by atoms with Crippen molar-refractivity contribution in [3.05, 3.63) is 60.2 Å². The third-order valence-corrected chi connectivity index (χ3v) is 5.45. The molecule has 0 aliphatic carbocycles. The number of nitrogens with zero attached hydrogens (tertiary/aromatic N) is 4. The Labute approximate surface area is 185 Å². The molecular weight excluding hydrogens is 390 g/mol. The number of amides is 1. The topological polar surface area (TPSA) is 71.4 Å². The summed E-state index contributed by atoms with van der Waals surface area (Å²) in [5.74, 6) is 1.10. The minimum Gasteiger partial charge on any atom is -0.506 e. The second-order valence-corrected chi connectivity index (χ2v) is 7.53. The zero-order chi connectivity index (χ0) is 22.1. The number of carbonyl (C=O) groups excluding carboxylic acids is 1. The van der Waals surface area contributed by atoms with E-state index < -0.39 is 0 Å². The van der Waals surface area contributed by atoms with Crippen LogP contribution in [0.4, 0.5) is 5.69 Å². The summed E-state index contributed by atoms with van der Waals surface area (Å²) in [6.07, 6.45) is 0. The number of carbonyl (C=O) groups is 1. The van der Waals surface area contributed by atoms with Crippen LogP contribution in [0.5, 0.6) is 5.75 Å². The number of phenolic OH excluding ortho intramolecular Hbond substituents is 1. The highest BCUT2D eigenvalue weighted by molar-refractivity contribution is 5.85. The van der Waals surface area contributed by atoms with E-state index in [1.165, 1.54) is 0 Å². The smallest absolute Gasteiger partial charge is 0.244 e. The van der Waals surface area contributed by atoms with E-state index in [9.17, 15) is 9.90 Å². The molecule has 1 saturated heterocycles. The molecule has 0 aromatic heterocycles. The number of phenols is 1. The van der Waals surface area contributed by atoms with Gasteiger partial charge < -0.3 is 25.1 Å². The molecule has 7 heteroatoms. The average Bonchev–Trinajstić information content (AvgIpc) is 2.81. The van der Waals surface area contributed by atoms with E-state index in [-0.39, 0.29) is 12.5 Å². The summed E-state index contributed by atoms with van der Waals surface area (Å²) in [6, 6.07) is 17.5. The lowest BCUT2D eigenvalue weighted by Crippen LogP contribution is -2.52. The first-order valence-electron chi connectivity index (χ1n) is 11.0. The van der Waals surface area contributed by atoms with Crippen LogP contribution >= 0.6 is 0 Å². The van der Waals surface area contributed by atoms with Gasteiger partial charge in [-0.05, 0) is 31.5 Å². The van der Waals surface area contributed by atoms with Gasteiger partial charge in [0.25, 0.3) is 0 Å². The molecule has 2 N–H and O–H groups in total. The molecular formula is C24H33N5O2. The third-order valence-electron chi connectivity index (χ3n) is 5.45. The Morgan fingerprint density at radius 3 is 2.35 bits per heavy atom. The number of hydrogen-bond donors (Lipinski definition) is 2. The van der Waals surface area contributed by atoms with Crippen molar-refractivity contribution in [1.29, 1.82) is 0 Å². The molecule has 1 aliphatic heterocycles. The number of para-hydroxylation sites is 2. The van der Waals surface area contributed by atoms with Gasteiger partial charge in [-0.1, -0.05) is 42.5 Å². The Bertz CT molecular complexity index is 863. The van der Waals surface area contributed by atoms with Gasteiger partial charge in [-0.25, -0.2) is 4.99 Å². The van der Waals surface area contributed by atoms with Crippen molar-refractivity contribution >= 4 is 17.6 Å². The van der Waals surface area contributed by atoms with Crippen molar-refractivity contribution in [3.8, 4) is 5.75 Å². The Kier molecular flexibility index (Phi) is 8.15. The number of piperazine rings is 1. The largest absolute Gasteiger partial charge is 0.506 e. The number of anilines is 1. The first-order valence-corrected chi connectivity index (χ1v) is 11.0. The number of aromatic hydroxyl groups is 1. The predicted octanol–water partition coefficient (Wildman–Crippen LogP) is 2.53. The number of hydrogen-bond acceptors (Lipinski definition) is 4. The summed E-state index contributed by atoms with van der Waals surface area (Å²) in [5.41, 5.74) is 1.98. The zero-order valence-corrected chi connectivity index (χ0v) is 18.5. The molecule has 0 spiro atoms. The van der Waals surface area contributed by atoms with Crippen molar-refractivity contribution < 1.29 is 9.90 Å². The molecule has 1 heterocycles. The molecule has 2 aromatic carbocycles. The van der Waals surface area contributed by atoms with Gasteiger partial charge in [0.05, 0.1) is 5.69 Å². The van der Waals surface area contributed by atoms with E-state index in [0.29, 0.717) is 18.8 Å². The minimum absolute atomic E-state index is 0.0228. The first-order chi connectivity index (χ1) is 15.1. The van der Waals surface area contributed by atoms with E-state index in [4.69, 9.17) is 0 Å². The monoisotopic (exact) mass is 423 g/mol. The number of nitrogens with one attached hydrogen (secondary N) is 1. The Balaban J connectivity index is 1.59. The van der Waals surface area contributed by atoms with Gasteiger partial charge in [-0.3, -0.25) is 4.79 Å². The number of guanidine groups is 1. The molecule has 7 nitrogen and oxygen atoms in total. The maximum Gasteiger partial charge on any atom is 0.244 e. The van der Waals surface area contributed by atoms with Gasteiger partial charge in [0.2, 0.25) is 5.91 Å². The van der Waals surface area contributed by atoms with Crippen LogP contribution in [0.1, 0.15) is 19.4 Å². The van der Waals surface area contributed by atoms with Crippen LogP contribution in [0.2, 0.25) is 0 Å². The lowest BCUT2D eigenvalue weighted by Gasteiger charge is -2.37. The summed E-state index contributed by atoms with van der Waals surface area (Å²) >= 11 is 0. The van der Waals surface area contributed by atoms with E-state index in [0.717, 1.165) is 49.9 Å². The number of benzene rings is 2. The molecule has 0 unspecified atom stereocenters. The van der Waals surface area contributed by atoms with E-state index >= 15 is 0 Å². The predicted molar refractivity (Wildman–Crippen MR) is 125 cm³/mol. The van der Waals surface area contributed by atoms with Crippen LogP contribution < -0.4 is 10.2 Å². The summed E-state index contributed by atoms with van der Waals surface area (Å²) in [6.45, 7) is 9.26. The molecule has 1 amide bonds. The molecule has 0 atom stereocenters. The SMILES string of the molecule is CCNC(=NCC(=O)N(CC)Cc1ccccc1)N1CCN(c2ccccc2O)CC1. The van der Waals surface area contributed by atoms with Crippen molar-refractivity contribution in [1.82, 2.24) is 15.1 Å². The van der Waals surface area contributed by atoms with E-state index in [1.54, 1.807) is 6.07 Å². The normalized spacial score (nSPS) is 14.5. The van der Waals surface area contributed by atoms with Gasteiger partial charge in [0.1, 0.15) is 12.3 Å². The zero-order valence-electron chi connectivity index (χ0n) is 18.5. The highest BCUT2D eigenvalue weighted by Gasteiger charge is 2.22. The van der Waals surface area contributed by atoms with Gasteiger partial charge >= 0.3 is 0 Å². The molecule has 31 heavy (non-hydrogen) atoms. The van der Waals surface area contributed by atoms with Crippen LogP contribution in [0.3, 0.4) is 0 Å². The second kappa shape index (κ2) is 11.2. The Morgan fingerprint density at radius 1 is 1.03 bits per heavy atom. The first kappa shape index (κ1) is 22.5. The Morgan fingerprint density at radius 2 is 1.71 bits per heavy atom. The molecule has 0 bridgehead atoms. The fourth-order valence-electron chi connectivity index (χ4n) is 3.74.